The van der Waals surface area contributed by atoms with Gasteiger partial charge in [0, 0.05) is 6.16 Å². The number of hydrogen-bond acceptors (Lipinski definition) is 3. The van der Waals surface area contributed by atoms with Crippen LogP contribution >= 0.6 is 7.14 Å². The summed E-state index contributed by atoms with van der Waals surface area (Å²) in [6.45, 7) is 5.61. The Morgan fingerprint density at radius 2 is 1.89 bits per heavy atom. The third-order valence-electron chi connectivity index (χ3n) is 2.66. The van der Waals surface area contributed by atoms with Crippen molar-refractivity contribution in [1.82, 2.24) is 0 Å². The summed E-state index contributed by atoms with van der Waals surface area (Å²) in [6.07, 6.45) is 0.489. The normalized spacial score (nSPS) is 14.4. The summed E-state index contributed by atoms with van der Waals surface area (Å²) in [5, 5.41) is 0.362. The van der Waals surface area contributed by atoms with Crippen LogP contribution in [0.1, 0.15) is 13.8 Å². The van der Waals surface area contributed by atoms with Gasteiger partial charge >= 0.3 is 0 Å². The van der Waals surface area contributed by atoms with Gasteiger partial charge < -0.3 is 14.0 Å². The molecule has 0 fully saturated rings. The minimum absolute atomic E-state index is 0.0285. The van der Waals surface area contributed by atoms with Crippen LogP contribution in [0.3, 0.4) is 0 Å². The predicted octanol–water partition coefficient (Wildman–Crippen LogP) is 3.12. The number of rotatable bonds is 5. The Morgan fingerprint density at radius 1 is 1.28 bits per heavy atom. The SMILES string of the molecule is COc1ccc(F)c(OC)c1P(C)(=O)CC(C)C. The molecule has 0 radical (unpaired) electrons. The van der Waals surface area contributed by atoms with E-state index in [9.17, 15) is 8.96 Å². The fourth-order valence-electron chi connectivity index (χ4n) is 2.12. The van der Waals surface area contributed by atoms with Crippen LogP contribution in [0.4, 0.5) is 4.39 Å². The first-order chi connectivity index (χ1) is 8.33. The van der Waals surface area contributed by atoms with Crippen molar-refractivity contribution in [3.8, 4) is 11.5 Å². The Labute approximate surface area is 108 Å². The van der Waals surface area contributed by atoms with Crippen molar-refractivity contribution < 1.29 is 18.4 Å². The van der Waals surface area contributed by atoms with Crippen LogP contribution in [-0.2, 0) is 4.57 Å². The maximum Gasteiger partial charge on any atom is 0.168 e. The average Bonchev–Trinajstić information content (AvgIpc) is 2.26. The second-order valence-electron chi connectivity index (χ2n) is 4.81. The molecule has 0 saturated carbocycles. The largest absolute Gasteiger partial charge is 0.496 e. The molecule has 1 aromatic rings. The quantitative estimate of drug-likeness (QED) is 0.774. The molecule has 102 valence electrons. The van der Waals surface area contributed by atoms with E-state index in [4.69, 9.17) is 9.47 Å². The lowest BCUT2D eigenvalue weighted by molar-refractivity contribution is 0.379. The van der Waals surface area contributed by atoms with Gasteiger partial charge in [-0.15, -0.1) is 0 Å². The van der Waals surface area contributed by atoms with E-state index in [-0.39, 0.29) is 11.7 Å². The molecule has 3 nitrogen and oxygen atoms in total. The second kappa shape index (κ2) is 5.75. The number of ether oxygens (including phenoxy) is 2. The molecule has 5 heteroatoms. The van der Waals surface area contributed by atoms with E-state index in [1.807, 2.05) is 13.8 Å². The summed E-state index contributed by atoms with van der Waals surface area (Å²) in [7, 11) is 0.123. The summed E-state index contributed by atoms with van der Waals surface area (Å²) in [4.78, 5) is 0. The zero-order chi connectivity index (χ0) is 13.9. The Hall–Kier alpha value is -1.02. The average molecular weight is 274 g/mol. The Bertz CT molecular complexity index is 472. The van der Waals surface area contributed by atoms with Gasteiger partial charge in [-0.2, -0.15) is 0 Å². The van der Waals surface area contributed by atoms with Crippen LogP contribution in [0.5, 0.6) is 11.5 Å². The number of methoxy groups -OCH3 is 2. The maximum atomic E-state index is 13.7. The molecule has 0 aliphatic rings. The summed E-state index contributed by atoms with van der Waals surface area (Å²) >= 11 is 0. The zero-order valence-electron chi connectivity index (χ0n) is 11.5. The van der Waals surface area contributed by atoms with Gasteiger partial charge in [0.15, 0.2) is 11.6 Å². The molecule has 0 bridgehead atoms. The van der Waals surface area contributed by atoms with Gasteiger partial charge in [0.2, 0.25) is 0 Å². The molecule has 0 N–H and O–H groups in total. The predicted molar refractivity (Wildman–Crippen MR) is 72.4 cm³/mol. The Balaban J connectivity index is 3.45. The molecule has 1 atom stereocenters. The minimum atomic E-state index is -2.73. The molecule has 0 amide bonds. The molecule has 0 saturated heterocycles. The highest BCUT2D eigenvalue weighted by atomic mass is 31.2. The Kier molecular flexibility index (Phi) is 4.80. The molecule has 0 aliphatic heterocycles. The van der Waals surface area contributed by atoms with E-state index in [2.05, 4.69) is 0 Å². The number of benzene rings is 1. The molecule has 0 heterocycles. The fraction of sp³-hybridized carbons (Fsp3) is 0.538. The lowest BCUT2D eigenvalue weighted by Crippen LogP contribution is -2.17. The molecular formula is C13H20FO3P. The van der Waals surface area contributed by atoms with Crippen molar-refractivity contribution in [2.24, 2.45) is 5.92 Å². The van der Waals surface area contributed by atoms with Crippen LogP contribution in [0, 0.1) is 11.7 Å². The summed E-state index contributed by atoms with van der Waals surface area (Å²) in [6, 6.07) is 2.75. The van der Waals surface area contributed by atoms with E-state index >= 15 is 0 Å². The van der Waals surface area contributed by atoms with Gasteiger partial charge in [0.1, 0.15) is 12.9 Å². The van der Waals surface area contributed by atoms with Gasteiger partial charge in [-0.25, -0.2) is 4.39 Å². The number of halogens is 1. The molecule has 1 aromatic carbocycles. The Morgan fingerprint density at radius 3 is 2.33 bits per heavy atom. The third kappa shape index (κ3) is 3.05. The van der Waals surface area contributed by atoms with Crippen molar-refractivity contribution in [2.75, 3.05) is 27.0 Å². The van der Waals surface area contributed by atoms with E-state index in [0.29, 0.717) is 17.2 Å². The van der Waals surface area contributed by atoms with E-state index in [1.165, 1.54) is 26.4 Å². The molecule has 0 aromatic heterocycles. The first kappa shape index (κ1) is 15.0. The van der Waals surface area contributed by atoms with E-state index < -0.39 is 13.0 Å². The second-order valence-corrected chi connectivity index (χ2v) is 7.82. The highest BCUT2D eigenvalue weighted by Crippen LogP contribution is 2.48. The van der Waals surface area contributed by atoms with E-state index in [0.717, 1.165) is 0 Å². The molecule has 1 unspecified atom stereocenters. The van der Waals surface area contributed by atoms with Crippen molar-refractivity contribution in [2.45, 2.75) is 13.8 Å². The van der Waals surface area contributed by atoms with Gasteiger partial charge in [0.05, 0.1) is 19.5 Å². The monoisotopic (exact) mass is 274 g/mol. The van der Waals surface area contributed by atoms with E-state index in [1.54, 1.807) is 6.66 Å². The molecule has 0 aliphatic carbocycles. The van der Waals surface area contributed by atoms with Crippen LogP contribution in [0.15, 0.2) is 12.1 Å². The van der Waals surface area contributed by atoms with Crippen LogP contribution in [0.25, 0.3) is 0 Å². The van der Waals surface area contributed by atoms with Crippen LogP contribution in [0.2, 0.25) is 0 Å². The summed E-state index contributed by atoms with van der Waals surface area (Å²) in [5.74, 6) is 0.179. The first-order valence-electron chi connectivity index (χ1n) is 5.81. The van der Waals surface area contributed by atoms with Crippen molar-refractivity contribution >= 4 is 12.4 Å². The van der Waals surface area contributed by atoms with Gasteiger partial charge in [-0.1, -0.05) is 13.8 Å². The first-order valence-corrected chi connectivity index (χ1v) is 8.15. The van der Waals surface area contributed by atoms with Gasteiger partial charge in [-0.3, -0.25) is 0 Å². The smallest absolute Gasteiger partial charge is 0.168 e. The summed E-state index contributed by atoms with van der Waals surface area (Å²) in [5.41, 5.74) is 0. The molecule has 1 rings (SSSR count). The molecular weight excluding hydrogens is 254 g/mol. The van der Waals surface area contributed by atoms with Gasteiger partial charge in [0.25, 0.3) is 0 Å². The van der Waals surface area contributed by atoms with Crippen molar-refractivity contribution in [3.63, 3.8) is 0 Å². The lowest BCUT2D eigenvalue weighted by atomic mass is 10.3. The summed E-state index contributed by atoms with van der Waals surface area (Å²) < 4.78 is 36.8. The molecule has 18 heavy (non-hydrogen) atoms. The van der Waals surface area contributed by atoms with Crippen LogP contribution in [-0.4, -0.2) is 27.0 Å². The van der Waals surface area contributed by atoms with Crippen molar-refractivity contribution in [3.05, 3.63) is 17.9 Å². The lowest BCUT2D eigenvalue weighted by Gasteiger charge is -2.21. The maximum absolute atomic E-state index is 13.7. The highest BCUT2D eigenvalue weighted by molar-refractivity contribution is 7.71. The topological polar surface area (TPSA) is 35.5 Å². The highest BCUT2D eigenvalue weighted by Gasteiger charge is 2.30. The van der Waals surface area contributed by atoms with Crippen LogP contribution < -0.4 is 14.8 Å². The van der Waals surface area contributed by atoms with Gasteiger partial charge in [-0.05, 0) is 24.7 Å². The minimum Gasteiger partial charge on any atom is -0.496 e. The fourth-order valence-corrected chi connectivity index (χ4v) is 4.96. The number of hydrogen-bond donors (Lipinski definition) is 0. The molecule has 0 spiro atoms. The standard InChI is InChI=1S/C13H20FO3P/c1-9(2)8-18(5,15)13-11(16-3)7-6-10(14)12(13)17-4/h6-7,9H,8H2,1-5H3. The van der Waals surface area contributed by atoms with Crippen molar-refractivity contribution in [1.29, 1.82) is 0 Å². The zero-order valence-corrected chi connectivity index (χ0v) is 12.4. The third-order valence-corrected chi connectivity index (χ3v) is 5.45.